The first kappa shape index (κ1) is 62.5. The number of unbranched alkanes of at least 4 members (excludes halogenated alkanes) is 31. The summed E-state index contributed by atoms with van der Waals surface area (Å²) in [5.41, 5.74) is 0. The van der Waals surface area contributed by atoms with Gasteiger partial charge in [0.15, 0.2) is 24.6 Å². The van der Waals surface area contributed by atoms with Crippen LogP contribution < -0.4 is 0 Å². The molecule has 1 aliphatic rings. The molecule has 12 heteroatoms. The highest BCUT2D eigenvalue weighted by molar-refractivity contribution is 5.74. The van der Waals surface area contributed by atoms with Gasteiger partial charge in [-0.1, -0.05) is 219 Å². The van der Waals surface area contributed by atoms with Crippen LogP contribution in [0.2, 0.25) is 0 Å². The van der Waals surface area contributed by atoms with Crippen molar-refractivity contribution in [2.24, 2.45) is 0 Å². The van der Waals surface area contributed by atoms with Gasteiger partial charge in [0.25, 0.3) is 0 Å². The molecule has 3 N–H and O–H groups in total. The van der Waals surface area contributed by atoms with Gasteiger partial charge in [-0.3, -0.25) is 14.4 Å². The minimum absolute atomic E-state index is 0.0678. The lowest BCUT2D eigenvalue weighted by Crippen LogP contribution is -2.61. The van der Waals surface area contributed by atoms with Crippen LogP contribution in [0.1, 0.15) is 265 Å². The van der Waals surface area contributed by atoms with E-state index in [2.05, 4.69) is 32.9 Å². The summed E-state index contributed by atoms with van der Waals surface area (Å²) in [5.74, 6) is -3.10. The minimum atomic E-state index is -1.89. The molecule has 0 saturated carbocycles. The monoisotopic (exact) mass is 953 g/mol. The Kier molecular flexibility index (Phi) is 41.6. The molecule has 0 aromatic carbocycles. The van der Waals surface area contributed by atoms with Crippen LogP contribution in [0, 0.1) is 0 Å². The normalized spacial score (nSPS) is 18.9. The zero-order valence-electron chi connectivity index (χ0n) is 42.9. The molecule has 1 rings (SSSR count). The quantitative estimate of drug-likeness (QED) is 0.0228. The number of carboxylic acid groups (broad SMARTS) is 1. The first-order chi connectivity index (χ1) is 32.6. The third-order valence-electron chi connectivity index (χ3n) is 12.8. The van der Waals surface area contributed by atoms with Gasteiger partial charge in [0.2, 0.25) is 0 Å². The van der Waals surface area contributed by atoms with Gasteiger partial charge in [-0.05, 0) is 38.5 Å². The van der Waals surface area contributed by atoms with E-state index in [0.717, 1.165) is 77.0 Å². The van der Waals surface area contributed by atoms with Crippen LogP contribution in [-0.2, 0) is 42.9 Å². The lowest BCUT2D eigenvalue weighted by Gasteiger charge is -2.40. The molecule has 1 fully saturated rings. The van der Waals surface area contributed by atoms with Crippen molar-refractivity contribution >= 4 is 23.9 Å². The predicted octanol–water partition coefficient (Wildman–Crippen LogP) is 13.3. The number of rotatable bonds is 47. The first-order valence-corrected chi connectivity index (χ1v) is 27.7. The van der Waals surface area contributed by atoms with E-state index in [9.17, 15) is 34.5 Å². The molecule has 67 heavy (non-hydrogen) atoms. The first-order valence-electron chi connectivity index (χ1n) is 27.7. The summed E-state index contributed by atoms with van der Waals surface area (Å²) in [6.07, 6.45) is 34.8. The summed E-state index contributed by atoms with van der Waals surface area (Å²) in [4.78, 5) is 50.8. The number of carbonyl (C=O) groups excluding carboxylic acids is 3. The van der Waals surface area contributed by atoms with E-state index in [1.165, 1.54) is 128 Å². The van der Waals surface area contributed by atoms with E-state index in [4.69, 9.17) is 23.7 Å². The zero-order chi connectivity index (χ0) is 49.0. The number of aliphatic hydroxyl groups excluding tert-OH is 2. The smallest absolute Gasteiger partial charge is 0.335 e. The fourth-order valence-electron chi connectivity index (χ4n) is 8.53. The van der Waals surface area contributed by atoms with Crippen molar-refractivity contribution in [3.8, 4) is 0 Å². The number of carboxylic acids is 1. The second-order valence-corrected chi connectivity index (χ2v) is 19.2. The Morgan fingerprint density at radius 2 is 0.866 bits per heavy atom. The van der Waals surface area contributed by atoms with Gasteiger partial charge in [-0.25, -0.2) is 4.79 Å². The van der Waals surface area contributed by atoms with E-state index in [-0.39, 0.29) is 25.9 Å². The van der Waals surface area contributed by atoms with Crippen molar-refractivity contribution < 1.29 is 58.2 Å². The Hall–Kier alpha value is -2.54. The van der Waals surface area contributed by atoms with Crippen LogP contribution in [0.15, 0.2) is 12.2 Å². The second kappa shape index (κ2) is 44.7. The number of esters is 3. The Labute approximate surface area is 407 Å². The molecule has 12 nitrogen and oxygen atoms in total. The minimum Gasteiger partial charge on any atom is -0.479 e. The molecular weight excluding hydrogens is 853 g/mol. The topological polar surface area (TPSA) is 175 Å². The molecular formula is C55H100O12. The van der Waals surface area contributed by atoms with Gasteiger partial charge in [-0.15, -0.1) is 0 Å². The molecule has 0 aromatic rings. The molecule has 0 bridgehead atoms. The lowest BCUT2D eigenvalue weighted by atomic mass is 9.98. The van der Waals surface area contributed by atoms with Crippen molar-refractivity contribution in [3.63, 3.8) is 0 Å². The lowest BCUT2D eigenvalue weighted by molar-refractivity contribution is -0.301. The maximum Gasteiger partial charge on any atom is 0.335 e. The Morgan fingerprint density at radius 1 is 0.478 bits per heavy atom. The van der Waals surface area contributed by atoms with Crippen LogP contribution in [0.4, 0.5) is 0 Å². The average Bonchev–Trinajstić information content (AvgIpc) is 3.31. The molecule has 0 aliphatic carbocycles. The molecule has 0 amide bonds. The number of carbonyl (C=O) groups is 4. The van der Waals surface area contributed by atoms with Crippen molar-refractivity contribution in [2.75, 3.05) is 13.2 Å². The average molecular weight is 953 g/mol. The Bertz CT molecular complexity index is 1230. The van der Waals surface area contributed by atoms with Crippen molar-refractivity contribution in [3.05, 3.63) is 12.2 Å². The van der Waals surface area contributed by atoms with Crippen molar-refractivity contribution in [2.45, 2.75) is 302 Å². The molecule has 1 saturated heterocycles. The van der Waals surface area contributed by atoms with E-state index in [0.29, 0.717) is 19.3 Å². The predicted molar refractivity (Wildman–Crippen MR) is 267 cm³/mol. The van der Waals surface area contributed by atoms with E-state index >= 15 is 0 Å². The SMILES string of the molecule is CCCC/C=C\CCCCCCCC(=O)OCC(COC1OC(C(=O)O)C(O)C(O)C1OC(=O)CCCCCCCCCCCCCCCCC)OC(=O)CCCCCCCCCCCCC. The van der Waals surface area contributed by atoms with Gasteiger partial charge >= 0.3 is 23.9 Å². The Balaban J connectivity index is 2.69. The zero-order valence-corrected chi connectivity index (χ0v) is 42.9. The van der Waals surface area contributed by atoms with Gasteiger partial charge in [-0.2, -0.15) is 0 Å². The third-order valence-corrected chi connectivity index (χ3v) is 12.8. The summed E-state index contributed by atoms with van der Waals surface area (Å²) in [6.45, 7) is 5.94. The van der Waals surface area contributed by atoms with Crippen LogP contribution in [0.25, 0.3) is 0 Å². The summed E-state index contributed by atoms with van der Waals surface area (Å²) >= 11 is 0. The maximum absolute atomic E-state index is 13.0. The second-order valence-electron chi connectivity index (χ2n) is 19.2. The summed E-state index contributed by atoms with van der Waals surface area (Å²) in [7, 11) is 0. The van der Waals surface area contributed by atoms with Gasteiger partial charge < -0.3 is 39.0 Å². The molecule has 1 heterocycles. The van der Waals surface area contributed by atoms with E-state index in [1.54, 1.807) is 0 Å². The standard InChI is InChI=1S/C55H100O12/c1-4-7-10-13-16-19-22-23-24-25-28-31-34-37-40-43-49(58)66-53-51(60)50(59)52(54(61)62)67-55(53)64-45-46(65-48(57)42-39-36-33-30-27-21-18-15-12-9-6-3)44-63-47(56)41-38-35-32-29-26-20-17-14-11-8-5-2/h14,17,46,50-53,55,59-60H,4-13,15-16,18-45H2,1-3H3,(H,61,62)/b17-14-. The highest BCUT2D eigenvalue weighted by atomic mass is 16.7. The third kappa shape index (κ3) is 35.3. The number of hydrogen-bond acceptors (Lipinski definition) is 11. The number of aliphatic hydroxyl groups is 2. The Morgan fingerprint density at radius 3 is 1.31 bits per heavy atom. The van der Waals surface area contributed by atoms with Gasteiger partial charge in [0, 0.05) is 19.3 Å². The van der Waals surface area contributed by atoms with Crippen LogP contribution >= 0.6 is 0 Å². The van der Waals surface area contributed by atoms with Crippen molar-refractivity contribution in [1.82, 2.24) is 0 Å². The molecule has 6 atom stereocenters. The molecule has 0 aromatic heterocycles. The van der Waals surface area contributed by atoms with E-state index < -0.39 is 67.3 Å². The fourth-order valence-corrected chi connectivity index (χ4v) is 8.53. The van der Waals surface area contributed by atoms with Crippen LogP contribution in [-0.4, -0.2) is 89.2 Å². The van der Waals surface area contributed by atoms with E-state index in [1.807, 2.05) is 0 Å². The largest absolute Gasteiger partial charge is 0.479 e. The number of ether oxygens (including phenoxy) is 5. The molecule has 392 valence electrons. The summed E-state index contributed by atoms with van der Waals surface area (Å²) in [6, 6.07) is 0. The molecule has 6 unspecified atom stereocenters. The highest BCUT2D eigenvalue weighted by Crippen LogP contribution is 2.26. The fraction of sp³-hybridized carbons (Fsp3) is 0.891. The van der Waals surface area contributed by atoms with Crippen molar-refractivity contribution in [1.29, 1.82) is 0 Å². The number of hydrogen-bond donors (Lipinski definition) is 3. The van der Waals surface area contributed by atoms with Gasteiger partial charge in [0.1, 0.15) is 18.8 Å². The van der Waals surface area contributed by atoms with Crippen LogP contribution in [0.5, 0.6) is 0 Å². The molecule has 1 aliphatic heterocycles. The van der Waals surface area contributed by atoms with Gasteiger partial charge in [0.05, 0.1) is 6.61 Å². The number of aliphatic carboxylic acids is 1. The highest BCUT2D eigenvalue weighted by Gasteiger charge is 2.50. The summed E-state index contributed by atoms with van der Waals surface area (Å²) < 4.78 is 28.3. The number of allylic oxidation sites excluding steroid dienone is 2. The molecule has 0 spiro atoms. The summed E-state index contributed by atoms with van der Waals surface area (Å²) in [5, 5.41) is 31.4. The van der Waals surface area contributed by atoms with Crippen LogP contribution in [0.3, 0.4) is 0 Å². The molecule has 0 radical (unpaired) electrons. The maximum atomic E-state index is 13.0.